The van der Waals surface area contributed by atoms with E-state index in [0.717, 1.165) is 11.1 Å². The third kappa shape index (κ3) is 5.26. The number of anilines is 1. The van der Waals surface area contributed by atoms with E-state index in [1.807, 2.05) is 44.4 Å². The van der Waals surface area contributed by atoms with Gasteiger partial charge in [-0.05, 0) is 43.7 Å². The number of nitrogens with zero attached hydrogens (tertiary/aromatic N) is 3. The lowest BCUT2D eigenvalue weighted by Gasteiger charge is -2.19. The molecular formula is C23H26N4O3. The molecule has 156 valence electrons. The van der Waals surface area contributed by atoms with Gasteiger partial charge in [0.25, 0.3) is 11.8 Å². The average molecular weight is 406 g/mol. The van der Waals surface area contributed by atoms with Crippen LogP contribution in [0.3, 0.4) is 0 Å². The minimum absolute atomic E-state index is 0.136. The van der Waals surface area contributed by atoms with Crippen molar-refractivity contribution >= 4 is 17.5 Å². The second kappa shape index (κ2) is 9.26. The van der Waals surface area contributed by atoms with Gasteiger partial charge in [-0.2, -0.15) is 5.10 Å². The molecule has 1 atom stereocenters. The summed E-state index contributed by atoms with van der Waals surface area (Å²) in [6.45, 7) is 4.02. The molecule has 1 aromatic heterocycles. The van der Waals surface area contributed by atoms with Crippen LogP contribution in [0.1, 0.15) is 28.4 Å². The molecule has 0 radical (unpaired) electrons. The van der Waals surface area contributed by atoms with Crippen molar-refractivity contribution in [3.63, 3.8) is 0 Å². The van der Waals surface area contributed by atoms with E-state index in [0.29, 0.717) is 23.5 Å². The summed E-state index contributed by atoms with van der Waals surface area (Å²) in [6.07, 6.45) is 2.93. The highest BCUT2D eigenvalue weighted by Crippen LogP contribution is 2.20. The molecule has 0 saturated heterocycles. The maximum Gasteiger partial charge on any atom is 0.265 e. The summed E-state index contributed by atoms with van der Waals surface area (Å²) in [5, 5.41) is 7.00. The first-order valence-electron chi connectivity index (χ1n) is 9.69. The third-order valence-electron chi connectivity index (χ3n) is 4.69. The van der Waals surface area contributed by atoms with E-state index < -0.39 is 6.10 Å². The van der Waals surface area contributed by atoms with E-state index in [2.05, 4.69) is 10.4 Å². The van der Waals surface area contributed by atoms with E-state index in [9.17, 15) is 9.59 Å². The largest absolute Gasteiger partial charge is 0.481 e. The molecule has 0 fully saturated rings. The molecule has 1 unspecified atom stereocenters. The lowest BCUT2D eigenvalue weighted by molar-refractivity contribution is -0.122. The molecule has 30 heavy (non-hydrogen) atoms. The van der Waals surface area contributed by atoms with Crippen LogP contribution < -0.4 is 10.1 Å². The van der Waals surface area contributed by atoms with E-state index in [1.165, 1.54) is 0 Å². The van der Waals surface area contributed by atoms with Crippen LogP contribution in [0.15, 0.2) is 60.9 Å². The lowest BCUT2D eigenvalue weighted by atomic mass is 10.1. The van der Waals surface area contributed by atoms with Crippen LogP contribution in [-0.4, -0.2) is 39.6 Å². The Labute approximate surface area is 176 Å². The first kappa shape index (κ1) is 21.1. The smallest absolute Gasteiger partial charge is 0.265 e. The number of aryl methyl sites for hydroxylation is 2. The van der Waals surface area contributed by atoms with Gasteiger partial charge in [-0.1, -0.05) is 24.3 Å². The van der Waals surface area contributed by atoms with Crippen molar-refractivity contribution in [2.45, 2.75) is 26.5 Å². The van der Waals surface area contributed by atoms with Crippen molar-refractivity contribution in [3.05, 3.63) is 77.6 Å². The fraction of sp³-hybridized carbons (Fsp3) is 0.261. The van der Waals surface area contributed by atoms with E-state index >= 15 is 0 Å². The zero-order chi connectivity index (χ0) is 21.7. The number of para-hydroxylation sites is 1. The number of aromatic nitrogens is 2. The SMILES string of the molecule is Cc1ccc(C(=O)N(C)Cc2cnn(C)c2)cc1NC(=O)C(C)Oc1ccccc1. The Morgan fingerprint density at radius 2 is 1.93 bits per heavy atom. The van der Waals surface area contributed by atoms with Crippen molar-refractivity contribution in [1.82, 2.24) is 14.7 Å². The van der Waals surface area contributed by atoms with E-state index in [1.54, 1.807) is 54.0 Å². The molecule has 3 rings (SSSR count). The summed E-state index contributed by atoms with van der Waals surface area (Å²) in [5.41, 5.74) is 2.89. The number of ether oxygens (including phenoxy) is 1. The van der Waals surface area contributed by atoms with Crippen molar-refractivity contribution in [2.75, 3.05) is 12.4 Å². The Balaban J connectivity index is 1.68. The molecule has 0 aliphatic heterocycles. The van der Waals surface area contributed by atoms with E-state index in [-0.39, 0.29) is 11.8 Å². The number of hydrogen-bond donors (Lipinski definition) is 1. The maximum atomic E-state index is 12.8. The number of carbonyl (C=O) groups is 2. The van der Waals surface area contributed by atoms with Gasteiger partial charge in [-0.15, -0.1) is 0 Å². The Morgan fingerprint density at radius 3 is 2.60 bits per heavy atom. The quantitative estimate of drug-likeness (QED) is 0.652. The average Bonchev–Trinajstić information content (AvgIpc) is 3.14. The standard InChI is InChI=1S/C23H26N4O3/c1-16-10-11-19(23(29)26(3)14-18-13-24-27(4)15-18)12-21(16)25-22(28)17(2)30-20-8-6-5-7-9-20/h5-13,15,17H,14H2,1-4H3,(H,25,28). The first-order chi connectivity index (χ1) is 14.3. The number of nitrogens with one attached hydrogen (secondary N) is 1. The zero-order valence-electron chi connectivity index (χ0n) is 17.6. The molecule has 0 spiro atoms. The van der Waals surface area contributed by atoms with Crippen LogP contribution in [0.25, 0.3) is 0 Å². The van der Waals surface area contributed by atoms with Gasteiger partial charge in [0.1, 0.15) is 5.75 Å². The van der Waals surface area contributed by atoms with Gasteiger partial charge >= 0.3 is 0 Å². The van der Waals surface area contributed by atoms with Gasteiger partial charge in [-0.25, -0.2) is 0 Å². The number of rotatable bonds is 7. The fourth-order valence-corrected chi connectivity index (χ4v) is 3.00. The molecule has 1 heterocycles. The number of hydrogen-bond acceptors (Lipinski definition) is 4. The molecule has 3 aromatic rings. The number of benzene rings is 2. The third-order valence-corrected chi connectivity index (χ3v) is 4.69. The van der Waals surface area contributed by atoms with Crippen LogP contribution in [0.4, 0.5) is 5.69 Å². The summed E-state index contributed by atoms with van der Waals surface area (Å²) < 4.78 is 7.38. The van der Waals surface area contributed by atoms with Gasteiger partial charge in [0.15, 0.2) is 6.10 Å². The van der Waals surface area contributed by atoms with Crippen molar-refractivity contribution in [3.8, 4) is 5.75 Å². The summed E-state index contributed by atoms with van der Waals surface area (Å²) in [7, 11) is 3.58. The van der Waals surface area contributed by atoms with E-state index in [4.69, 9.17) is 4.74 Å². The maximum absolute atomic E-state index is 12.8. The summed E-state index contributed by atoms with van der Waals surface area (Å²) in [6, 6.07) is 14.5. The highest BCUT2D eigenvalue weighted by atomic mass is 16.5. The summed E-state index contributed by atoms with van der Waals surface area (Å²) in [5.74, 6) is 0.205. The Bertz CT molecular complexity index is 1030. The molecule has 0 aliphatic rings. The highest BCUT2D eigenvalue weighted by Gasteiger charge is 2.18. The van der Waals surface area contributed by atoms with Crippen LogP contribution in [0.5, 0.6) is 5.75 Å². The van der Waals surface area contributed by atoms with Crippen LogP contribution in [0, 0.1) is 6.92 Å². The monoisotopic (exact) mass is 406 g/mol. The van der Waals surface area contributed by atoms with Gasteiger partial charge < -0.3 is 15.0 Å². The van der Waals surface area contributed by atoms with Crippen LogP contribution >= 0.6 is 0 Å². The van der Waals surface area contributed by atoms with Crippen molar-refractivity contribution in [2.24, 2.45) is 7.05 Å². The molecule has 0 aliphatic carbocycles. The lowest BCUT2D eigenvalue weighted by Crippen LogP contribution is -2.30. The van der Waals surface area contributed by atoms with Crippen molar-refractivity contribution in [1.29, 1.82) is 0 Å². The predicted molar refractivity (Wildman–Crippen MR) is 115 cm³/mol. The Morgan fingerprint density at radius 1 is 1.20 bits per heavy atom. The van der Waals surface area contributed by atoms with Gasteiger partial charge in [0, 0.05) is 43.7 Å². The second-order valence-corrected chi connectivity index (χ2v) is 7.28. The molecule has 0 saturated carbocycles. The summed E-state index contributed by atoms with van der Waals surface area (Å²) in [4.78, 5) is 27.0. The van der Waals surface area contributed by atoms with Crippen LogP contribution in [0.2, 0.25) is 0 Å². The fourth-order valence-electron chi connectivity index (χ4n) is 3.00. The molecule has 7 nitrogen and oxygen atoms in total. The molecule has 2 amide bonds. The normalized spacial score (nSPS) is 11.6. The van der Waals surface area contributed by atoms with Gasteiger partial charge in [0.2, 0.25) is 0 Å². The summed E-state index contributed by atoms with van der Waals surface area (Å²) >= 11 is 0. The van der Waals surface area contributed by atoms with Gasteiger partial charge in [-0.3, -0.25) is 14.3 Å². The molecule has 0 bridgehead atoms. The highest BCUT2D eigenvalue weighted by molar-refractivity contribution is 5.98. The molecule has 7 heteroatoms. The predicted octanol–water partition coefficient (Wildman–Crippen LogP) is 3.41. The number of carbonyl (C=O) groups excluding carboxylic acids is 2. The molecule has 1 N–H and O–H groups in total. The van der Waals surface area contributed by atoms with Gasteiger partial charge in [0.05, 0.1) is 6.20 Å². The van der Waals surface area contributed by atoms with Crippen LogP contribution in [-0.2, 0) is 18.4 Å². The zero-order valence-corrected chi connectivity index (χ0v) is 17.6. The Kier molecular flexibility index (Phi) is 6.51. The minimum Gasteiger partial charge on any atom is -0.481 e. The Hall–Kier alpha value is -3.61. The topological polar surface area (TPSA) is 76.5 Å². The first-order valence-corrected chi connectivity index (χ1v) is 9.69. The molecular weight excluding hydrogens is 380 g/mol. The molecule has 2 aromatic carbocycles. The van der Waals surface area contributed by atoms with Crippen molar-refractivity contribution < 1.29 is 14.3 Å². The second-order valence-electron chi connectivity index (χ2n) is 7.28. The minimum atomic E-state index is -0.681. The number of amides is 2.